The highest BCUT2D eigenvalue weighted by Crippen LogP contribution is 2.29. The number of nitrogens with two attached hydrogens (primary N) is 1. The van der Waals surface area contributed by atoms with Gasteiger partial charge in [0.15, 0.2) is 10.8 Å². The number of hydrogen-bond donors (Lipinski definition) is 4. The van der Waals surface area contributed by atoms with Gasteiger partial charge in [-0.1, -0.05) is 11.3 Å². The lowest BCUT2D eigenvalue weighted by molar-refractivity contribution is -0.119. The molecule has 1 aromatic heterocycles. The third-order valence-corrected chi connectivity index (χ3v) is 3.29. The van der Waals surface area contributed by atoms with Crippen molar-refractivity contribution in [1.82, 2.24) is 10.3 Å². The van der Waals surface area contributed by atoms with Crippen LogP contribution in [0.2, 0.25) is 0 Å². The van der Waals surface area contributed by atoms with Crippen molar-refractivity contribution in [3.63, 3.8) is 0 Å². The van der Waals surface area contributed by atoms with Crippen LogP contribution < -0.4 is 11.1 Å². The Labute approximate surface area is 119 Å². The van der Waals surface area contributed by atoms with Gasteiger partial charge in [-0.25, -0.2) is 9.78 Å². The van der Waals surface area contributed by atoms with E-state index in [0.29, 0.717) is 0 Å². The molecule has 20 heavy (non-hydrogen) atoms. The molecule has 0 fully saturated rings. The number of nitrogens with zero attached hydrogens (tertiary/aromatic N) is 1. The van der Waals surface area contributed by atoms with Gasteiger partial charge in [0.1, 0.15) is 12.2 Å². The van der Waals surface area contributed by atoms with Crippen molar-refractivity contribution in [3.8, 4) is 0 Å². The number of esters is 1. The predicted octanol–water partition coefficient (Wildman–Crippen LogP) is -0.568. The molecule has 0 aliphatic carbocycles. The van der Waals surface area contributed by atoms with Gasteiger partial charge in [0, 0.05) is 13.5 Å². The molecule has 0 aliphatic heterocycles. The van der Waals surface area contributed by atoms with Crippen molar-refractivity contribution < 1.29 is 24.5 Å². The van der Waals surface area contributed by atoms with Gasteiger partial charge in [-0.05, 0) is 6.92 Å². The van der Waals surface area contributed by atoms with E-state index in [1.807, 2.05) is 0 Å². The molecule has 5 N–H and O–H groups in total. The summed E-state index contributed by atoms with van der Waals surface area (Å²) in [4.78, 5) is 26.3. The van der Waals surface area contributed by atoms with E-state index in [-0.39, 0.29) is 34.8 Å². The van der Waals surface area contributed by atoms with Crippen LogP contribution in [0.3, 0.4) is 0 Å². The zero-order valence-corrected chi connectivity index (χ0v) is 11.9. The molecule has 2 atom stereocenters. The number of ether oxygens (including phenoxy) is 1. The third-order valence-electron chi connectivity index (χ3n) is 2.33. The van der Waals surface area contributed by atoms with Crippen LogP contribution >= 0.6 is 11.3 Å². The van der Waals surface area contributed by atoms with Crippen LogP contribution in [0.25, 0.3) is 0 Å². The van der Waals surface area contributed by atoms with Gasteiger partial charge in [0.05, 0.1) is 11.5 Å². The van der Waals surface area contributed by atoms with Crippen molar-refractivity contribution >= 4 is 28.3 Å². The van der Waals surface area contributed by atoms with Crippen molar-refractivity contribution in [2.24, 2.45) is 0 Å². The highest BCUT2D eigenvalue weighted by Gasteiger charge is 2.28. The first-order valence-electron chi connectivity index (χ1n) is 5.90. The highest BCUT2D eigenvalue weighted by molar-refractivity contribution is 7.15. The topological polar surface area (TPSA) is 135 Å². The number of hydrogen-bond acceptors (Lipinski definition) is 8. The zero-order chi connectivity index (χ0) is 15.3. The van der Waals surface area contributed by atoms with Gasteiger partial charge in [0.2, 0.25) is 5.91 Å². The quantitative estimate of drug-likeness (QED) is 0.517. The minimum atomic E-state index is -1.39. The van der Waals surface area contributed by atoms with E-state index in [9.17, 15) is 19.8 Å². The summed E-state index contributed by atoms with van der Waals surface area (Å²) in [5.74, 6) is -1.06. The summed E-state index contributed by atoms with van der Waals surface area (Å²) in [6.45, 7) is 2.92. The van der Waals surface area contributed by atoms with Crippen LogP contribution in [0, 0.1) is 0 Å². The van der Waals surface area contributed by atoms with Crippen LogP contribution in [0.4, 0.5) is 5.13 Å². The van der Waals surface area contributed by atoms with Crippen LogP contribution in [0.5, 0.6) is 0 Å². The first kappa shape index (κ1) is 16.3. The second-order valence-corrected chi connectivity index (χ2v) is 5.00. The van der Waals surface area contributed by atoms with Crippen LogP contribution in [0.1, 0.15) is 35.3 Å². The molecule has 1 heterocycles. The number of anilines is 1. The fourth-order valence-electron chi connectivity index (χ4n) is 1.43. The van der Waals surface area contributed by atoms with E-state index < -0.39 is 18.2 Å². The monoisotopic (exact) mass is 303 g/mol. The van der Waals surface area contributed by atoms with Crippen LogP contribution in [-0.2, 0) is 9.53 Å². The van der Waals surface area contributed by atoms with Gasteiger partial charge in [-0.15, -0.1) is 0 Å². The molecule has 9 heteroatoms. The molecule has 0 aliphatic rings. The maximum Gasteiger partial charge on any atom is 0.358 e. The molecular formula is C11H17N3O5S. The Morgan fingerprint density at radius 1 is 1.50 bits per heavy atom. The van der Waals surface area contributed by atoms with Crippen LogP contribution in [-0.4, -0.2) is 46.3 Å². The minimum Gasteiger partial charge on any atom is -0.461 e. The van der Waals surface area contributed by atoms with E-state index in [2.05, 4.69) is 10.3 Å². The molecule has 112 valence electrons. The van der Waals surface area contributed by atoms with E-state index in [4.69, 9.17) is 10.5 Å². The third kappa shape index (κ3) is 4.15. The van der Waals surface area contributed by atoms with E-state index in [1.54, 1.807) is 6.92 Å². The lowest BCUT2D eigenvalue weighted by Gasteiger charge is -2.17. The Morgan fingerprint density at radius 2 is 2.15 bits per heavy atom. The van der Waals surface area contributed by atoms with E-state index >= 15 is 0 Å². The largest absolute Gasteiger partial charge is 0.461 e. The highest BCUT2D eigenvalue weighted by atomic mass is 32.1. The average Bonchev–Trinajstić information content (AvgIpc) is 2.77. The number of carbonyl (C=O) groups excluding carboxylic acids is 2. The Bertz CT molecular complexity index is 490. The van der Waals surface area contributed by atoms with Crippen molar-refractivity contribution in [1.29, 1.82) is 0 Å². The number of aliphatic hydroxyl groups is 2. The lowest BCUT2D eigenvalue weighted by atomic mass is 10.1. The average molecular weight is 303 g/mol. The number of aromatic nitrogens is 1. The number of nitrogens with one attached hydrogen (secondary N) is 1. The normalized spacial score (nSPS) is 13.6. The molecule has 1 amide bonds. The standard InChI is InChI=1S/C11H17N3O5S/c1-3-19-10(18)7-9(20-11(12)14-7)8(17)6(16)4-13-5(2)15/h6,8,16-17H,3-4H2,1-2H3,(H2,12,14)(H,13,15). The molecule has 0 spiro atoms. The van der Waals surface area contributed by atoms with Crippen molar-refractivity contribution in [3.05, 3.63) is 10.6 Å². The second kappa shape index (κ2) is 7.17. The van der Waals surface area contributed by atoms with Crippen molar-refractivity contribution in [2.75, 3.05) is 18.9 Å². The SMILES string of the molecule is CCOC(=O)c1nc(N)sc1C(O)C(O)CNC(C)=O. The number of amides is 1. The molecule has 0 bridgehead atoms. The molecule has 2 unspecified atom stereocenters. The van der Waals surface area contributed by atoms with Gasteiger partial charge in [0.25, 0.3) is 0 Å². The van der Waals surface area contributed by atoms with Crippen LogP contribution in [0.15, 0.2) is 0 Å². The molecule has 0 aromatic carbocycles. The Morgan fingerprint density at radius 3 is 2.70 bits per heavy atom. The van der Waals surface area contributed by atoms with Gasteiger partial charge in [-0.2, -0.15) is 0 Å². The minimum absolute atomic E-state index is 0.0776. The maximum atomic E-state index is 11.7. The fourth-order valence-corrected chi connectivity index (χ4v) is 2.30. The first-order valence-corrected chi connectivity index (χ1v) is 6.72. The van der Waals surface area contributed by atoms with E-state index in [0.717, 1.165) is 11.3 Å². The molecule has 8 nitrogen and oxygen atoms in total. The maximum absolute atomic E-state index is 11.7. The van der Waals surface area contributed by atoms with Gasteiger partial charge >= 0.3 is 5.97 Å². The van der Waals surface area contributed by atoms with Crippen molar-refractivity contribution in [2.45, 2.75) is 26.1 Å². The number of thiazole rings is 1. The predicted molar refractivity (Wildman–Crippen MR) is 72.1 cm³/mol. The summed E-state index contributed by atoms with van der Waals surface area (Å²) in [5.41, 5.74) is 5.39. The molecule has 1 rings (SSSR count). The molecule has 0 radical (unpaired) electrons. The Hall–Kier alpha value is -1.71. The number of aliphatic hydroxyl groups excluding tert-OH is 2. The second-order valence-electron chi connectivity index (χ2n) is 3.93. The first-order chi connectivity index (χ1) is 9.36. The fraction of sp³-hybridized carbons (Fsp3) is 0.545. The number of rotatable bonds is 6. The smallest absolute Gasteiger partial charge is 0.358 e. The Balaban J connectivity index is 2.88. The Kier molecular flexibility index (Phi) is 5.86. The summed E-state index contributed by atoms with van der Waals surface area (Å²) in [6, 6.07) is 0. The molecule has 0 saturated heterocycles. The number of nitrogen functional groups attached to an aromatic ring is 1. The number of carbonyl (C=O) groups is 2. The summed E-state index contributed by atoms with van der Waals surface area (Å²) < 4.78 is 4.80. The molecule has 1 aromatic rings. The van der Waals surface area contributed by atoms with E-state index in [1.165, 1.54) is 6.92 Å². The summed E-state index contributed by atoms with van der Waals surface area (Å²) >= 11 is 0.882. The summed E-state index contributed by atoms with van der Waals surface area (Å²) in [7, 11) is 0. The summed E-state index contributed by atoms with van der Waals surface area (Å²) in [6.07, 6.45) is -2.68. The van der Waals surface area contributed by atoms with Gasteiger partial charge in [-0.3, -0.25) is 4.79 Å². The zero-order valence-electron chi connectivity index (χ0n) is 11.1. The molecular weight excluding hydrogens is 286 g/mol. The summed E-state index contributed by atoms with van der Waals surface area (Å²) in [5, 5.41) is 22.2. The lowest BCUT2D eigenvalue weighted by Crippen LogP contribution is -2.34. The molecule has 0 saturated carbocycles. The van der Waals surface area contributed by atoms with Gasteiger partial charge < -0.3 is 26.0 Å².